The predicted molar refractivity (Wildman–Crippen MR) is 83.1 cm³/mol. The van der Waals surface area contributed by atoms with Crippen molar-refractivity contribution in [3.05, 3.63) is 34.1 Å². The molecule has 0 spiro atoms. The monoisotopic (exact) mass is 340 g/mol. The van der Waals surface area contributed by atoms with Gasteiger partial charge in [-0.3, -0.25) is 4.90 Å². The molecule has 1 N–H and O–H groups in total. The number of rotatable bonds is 5. The van der Waals surface area contributed by atoms with E-state index in [0.29, 0.717) is 0 Å². The van der Waals surface area contributed by atoms with Crippen molar-refractivity contribution in [3.63, 3.8) is 0 Å². The largest absolute Gasteiger partial charge is 0.317 e. The van der Waals surface area contributed by atoms with Crippen molar-refractivity contribution in [2.24, 2.45) is 5.92 Å². The molecule has 1 saturated carbocycles. The molecule has 0 atom stereocenters. The van der Waals surface area contributed by atoms with E-state index in [1.54, 1.807) is 6.07 Å². The van der Waals surface area contributed by atoms with Crippen LogP contribution in [0.4, 0.5) is 4.39 Å². The molecule has 2 fully saturated rings. The molecule has 0 radical (unpaired) electrons. The van der Waals surface area contributed by atoms with Gasteiger partial charge in [0, 0.05) is 23.6 Å². The van der Waals surface area contributed by atoms with E-state index in [2.05, 4.69) is 26.1 Å². The van der Waals surface area contributed by atoms with E-state index in [1.165, 1.54) is 38.3 Å². The van der Waals surface area contributed by atoms with Crippen LogP contribution >= 0.6 is 15.9 Å². The Hall–Kier alpha value is -0.450. The summed E-state index contributed by atoms with van der Waals surface area (Å²) in [6, 6.07) is 5.97. The van der Waals surface area contributed by atoms with Crippen molar-refractivity contribution in [2.75, 3.05) is 19.6 Å². The zero-order chi connectivity index (χ0) is 13.9. The molecule has 4 heteroatoms. The molecule has 2 aliphatic rings. The summed E-state index contributed by atoms with van der Waals surface area (Å²) in [5.74, 6) is 0.654. The van der Waals surface area contributed by atoms with Crippen molar-refractivity contribution in [1.82, 2.24) is 10.2 Å². The Morgan fingerprint density at radius 3 is 2.55 bits per heavy atom. The summed E-state index contributed by atoms with van der Waals surface area (Å²) in [5.41, 5.74) is 1.08. The number of halogens is 2. The maximum absolute atomic E-state index is 13.5. The summed E-state index contributed by atoms with van der Waals surface area (Å²) in [6.45, 7) is 4.34. The van der Waals surface area contributed by atoms with Gasteiger partial charge in [-0.2, -0.15) is 0 Å². The van der Waals surface area contributed by atoms with Gasteiger partial charge in [0.1, 0.15) is 5.82 Å². The molecule has 0 unspecified atom stereocenters. The third kappa shape index (κ3) is 4.03. The van der Waals surface area contributed by atoms with E-state index in [9.17, 15) is 4.39 Å². The van der Waals surface area contributed by atoms with Gasteiger partial charge in [0.05, 0.1) is 0 Å². The normalized spacial score (nSPS) is 20.6. The first-order valence-corrected chi connectivity index (χ1v) is 8.40. The van der Waals surface area contributed by atoms with Crippen LogP contribution in [0, 0.1) is 11.7 Å². The molecule has 3 rings (SSSR count). The minimum absolute atomic E-state index is 0.146. The van der Waals surface area contributed by atoms with Gasteiger partial charge < -0.3 is 5.32 Å². The van der Waals surface area contributed by atoms with Gasteiger partial charge in [0.2, 0.25) is 0 Å². The number of nitrogens with zero attached hydrogens (tertiary/aromatic N) is 1. The van der Waals surface area contributed by atoms with E-state index >= 15 is 0 Å². The van der Waals surface area contributed by atoms with Crippen LogP contribution in [0.15, 0.2) is 22.7 Å². The van der Waals surface area contributed by atoms with Gasteiger partial charge >= 0.3 is 0 Å². The fraction of sp³-hybridized carbons (Fsp3) is 0.625. The molecular formula is C16H22BrFN2. The maximum atomic E-state index is 13.5. The van der Waals surface area contributed by atoms with E-state index < -0.39 is 0 Å². The van der Waals surface area contributed by atoms with Crippen LogP contribution in [0.2, 0.25) is 0 Å². The molecule has 1 aromatic rings. The van der Waals surface area contributed by atoms with Gasteiger partial charge in [-0.05, 0) is 68.5 Å². The van der Waals surface area contributed by atoms with Crippen LogP contribution in [0.3, 0.4) is 0 Å². The second kappa shape index (κ2) is 6.54. The van der Waals surface area contributed by atoms with E-state index in [0.717, 1.165) is 41.6 Å². The molecule has 1 aliphatic carbocycles. The lowest BCUT2D eigenvalue weighted by molar-refractivity contribution is 0.190. The molecule has 1 saturated heterocycles. The number of nitrogens with one attached hydrogen (secondary N) is 1. The number of hydrogen-bond donors (Lipinski definition) is 1. The zero-order valence-electron chi connectivity index (χ0n) is 11.7. The van der Waals surface area contributed by atoms with Crippen LogP contribution < -0.4 is 5.32 Å². The van der Waals surface area contributed by atoms with E-state index in [-0.39, 0.29) is 5.82 Å². The Balaban J connectivity index is 1.64. The molecule has 20 heavy (non-hydrogen) atoms. The average molecular weight is 341 g/mol. The first kappa shape index (κ1) is 14.5. The summed E-state index contributed by atoms with van der Waals surface area (Å²) >= 11 is 3.39. The Bertz CT molecular complexity index is 436. The summed E-state index contributed by atoms with van der Waals surface area (Å²) in [7, 11) is 0. The Labute approximate surface area is 128 Å². The lowest BCUT2D eigenvalue weighted by Gasteiger charge is -2.30. The van der Waals surface area contributed by atoms with Crippen LogP contribution in [0.5, 0.6) is 0 Å². The van der Waals surface area contributed by atoms with Gasteiger partial charge in [-0.1, -0.05) is 15.9 Å². The van der Waals surface area contributed by atoms with Crippen molar-refractivity contribution >= 4 is 15.9 Å². The third-order valence-electron chi connectivity index (χ3n) is 4.32. The summed E-state index contributed by atoms with van der Waals surface area (Å²) in [4.78, 5) is 2.57. The minimum atomic E-state index is -0.146. The maximum Gasteiger partial charge on any atom is 0.124 e. The second-order valence-electron chi connectivity index (χ2n) is 6.13. The standard InChI is InChI=1S/C16H22BrFN2/c17-14-7-13(8-15(18)9-14)11-20(16-1-2-16)10-12-3-5-19-6-4-12/h7-9,12,16,19H,1-6,10-11H2. The van der Waals surface area contributed by atoms with Crippen molar-refractivity contribution in [1.29, 1.82) is 0 Å². The molecule has 2 nitrogen and oxygen atoms in total. The number of piperidine rings is 1. The predicted octanol–water partition coefficient (Wildman–Crippen LogP) is 3.55. The zero-order valence-corrected chi connectivity index (χ0v) is 13.3. The van der Waals surface area contributed by atoms with Crippen LogP contribution in [-0.2, 0) is 6.54 Å². The Morgan fingerprint density at radius 2 is 1.90 bits per heavy atom. The van der Waals surface area contributed by atoms with Crippen LogP contribution in [0.25, 0.3) is 0 Å². The molecule has 1 heterocycles. The molecule has 110 valence electrons. The van der Waals surface area contributed by atoms with Crippen LogP contribution in [-0.4, -0.2) is 30.6 Å². The lowest BCUT2D eigenvalue weighted by Crippen LogP contribution is -2.37. The van der Waals surface area contributed by atoms with Crippen molar-refractivity contribution in [3.8, 4) is 0 Å². The average Bonchev–Trinajstić information content (AvgIpc) is 3.22. The summed E-state index contributed by atoms with van der Waals surface area (Å²) in [6.07, 6.45) is 5.16. The highest BCUT2D eigenvalue weighted by atomic mass is 79.9. The van der Waals surface area contributed by atoms with Gasteiger partial charge in [-0.25, -0.2) is 4.39 Å². The Morgan fingerprint density at radius 1 is 1.15 bits per heavy atom. The highest BCUT2D eigenvalue weighted by Gasteiger charge is 2.30. The third-order valence-corrected chi connectivity index (χ3v) is 4.78. The summed E-state index contributed by atoms with van der Waals surface area (Å²) in [5, 5.41) is 3.42. The van der Waals surface area contributed by atoms with Crippen molar-refractivity contribution in [2.45, 2.75) is 38.3 Å². The molecule has 0 aromatic heterocycles. The van der Waals surface area contributed by atoms with Gasteiger partial charge in [0.25, 0.3) is 0 Å². The second-order valence-corrected chi connectivity index (χ2v) is 7.05. The molecule has 1 aromatic carbocycles. The SMILES string of the molecule is Fc1cc(Br)cc(CN(CC2CCNCC2)C2CC2)c1. The highest BCUT2D eigenvalue weighted by molar-refractivity contribution is 9.10. The van der Waals surface area contributed by atoms with E-state index in [4.69, 9.17) is 0 Å². The molecule has 0 amide bonds. The highest BCUT2D eigenvalue weighted by Crippen LogP contribution is 2.31. The fourth-order valence-corrected chi connectivity index (χ4v) is 3.63. The first-order valence-electron chi connectivity index (χ1n) is 7.60. The van der Waals surface area contributed by atoms with E-state index in [1.807, 2.05) is 6.07 Å². The summed E-state index contributed by atoms with van der Waals surface area (Å²) < 4.78 is 14.3. The van der Waals surface area contributed by atoms with Crippen LogP contribution in [0.1, 0.15) is 31.2 Å². The van der Waals surface area contributed by atoms with Gasteiger partial charge in [-0.15, -0.1) is 0 Å². The number of hydrogen-bond acceptors (Lipinski definition) is 2. The smallest absolute Gasteiger partial charge is 0.124 e. The topological polar surface area (TPSA) is 15.3 Å². The number of benzene rings is 1. The quantitative estimate of drug-likeness (QED) is 0.881. The molecule has 0 bridgehead atoms. The molecule has 1 aliphatic heterocycles. The Kier molecular flexibility index (Phi) is 4.74. The van der Waals surface area contributed by atoms with Crippen molar-refractivity contribution < 1.29 is 4.39 Å². The first-order chi connectivity index (χ1) is 9.70. The fourth-order valence-electron chi connectivity index (χ4n) is 3.12. The molecular weight excluding hydrogens is 319 g/mol. The van der Waals surface area contributed by atoms with Gasteiger partial charge in [0.15, 0.2) is 0 Å². The minimum Gasteiger partial charge on any atom is -0.317 e. The lowest BCUT2D eigenvalue weighted by atomic mass is 9.97.